The van der Waals surface area contributed by atoms with Crippen molar-refractivity contribution in [1.29, 1.82) is 0 Å². The van der Waals surface area contributed by atoms with Gasteiger partial charge in [-0.3, -0.25) is 0 Å². The maximum absolute atomic E-state index is 2.34. The highest BCUT2D eigenvalue weighted by Gasteiger charge is 1.96. The molecule has 0 bridgehead atoms. The van der Waals surface area contributed by atoms with E-state index in [2.05, 4.69) is 43.4 Å². The monoisotopic (exact) mass is 149 g/mol. The average molecular weight is 149 g/mol. The molecule has 0 aliphatic heterocycles. The Hall–Kier alpha value is -0.563. The molecular weight excluding hydrogens is 136 g/mol. The Morgan fingerprint density at radius 1 is 1.10 bits per heavy atom. The molecule has 0 amide bonds. The Morgan fingerprint density at radius 2 is 1.70 bits per heavy atom. The molecule has 0 aliphatic carbocycles. The van der Waals surface area contributed by atoms with Gasteiger partial charge in [0.25, 0.3) is 0 Å². The molecule has 1 aromatic rings. The van der Waals surface area contributed by atoms with Gasteiger partial charge in [-0.2, -0.15) is 0 Å². The van der Waals surface area contributed by atoms with Crippen LogP contribution in [0.1, 0.15) is 5.56 Å². The van der Waals surface area contributed by atoms with E-state index in [0.29, 0.717) is 0 Å². The van der Waals surface area contributed by atoms with Gasteiger partial charge in [0.05, 0.1) is 0 Å². The van der Waals surface area contributed by atoms with Crippen LogP contribution in [0.2, 0.25) is 13.1 Å². The van der Waals surface area contributed by atoms with Crippen LogP contribution in [-0.4, -0.2) is 8.80 Å². The van der Waals surface area contributed by atoms with Crippen LogP contribution < -0.4 is 0 Å². The third-order valence-electron chi connectivity index (χ3n) is 1.40. The van der Waals surface area contributed by atoms with Gasteiger partial charge in [-0.15, -0.1) is 0 Å². The van der Waals surface area contributed by atoms with E-state index in [-0.39, 0.29) is 8.80 Å². The summed E-state index contributed by atoms with van der Waals surface area (Å²) in [4.78, 5) is 0. The third-order valence-corrected chi connectivity index (χ3v) is 2.52. The molecule has 0 N–H and O–H groups in total. The van der Waals surface area contributed by atoms with Gasteiger partial charge in [0.1, 0.15) is 0 Å². The molecule has 0 nitrogen and oxygen atoms in total. The lowest BCUT2D eigenvalue weighted by Crippen LogP contribution is -2.04. The van der Waals surface area contributed by atoms with Crippen LogP contribution in [0.15, 0.2) is 30.3 Å². The lowest BCUT2D eigenvalue weighted by atomic mass is 10.2. The van der Waals surface area contributed by atoms with Crippen molar-refractivity contribution in [2.75, 3.05) is 0 Å². The quantitative estimate of drug-likeness (QED) is 0.567. The van der Waals surface area contributed by atoms with Crippen molar-refractivity contribution in [3.8, 4) is 0 Å². The molecule has 53 valence electrons. The summed E-state index contributed by atoms with van der Waals surface area (Å²) < 4.78 is 0. The molecule has 1 rings (SSSR count). The Labute approximate surface area is 64.5 Å². The van der Waals surface area contributed by atoms with E-state index in [0.717, 1.165) is 0 Å². The molecule has 0 aliphatic rings. The van der Waals surface area contributed by atoms with E-state index in [1.54, 1.807) is 0 Å². The molecule has 0 unspecified atom stereocenters. The zero-order valence-corrected chi connectivity index (χ0v) is 7.59. The zero-order chi connectivity index (χ0) is 7.40. The second kappa shape index (κ2) is 3.57. The van der Waals surface area contributed by atoms with Crippen LogP contribution >= 0.6 is 0 Å². The van der Waals surface area contributed by atoms with Crippen LogP contribution in [0.4, 0.5) is 0 Å². The van der Waals surface area contributed by atoms with Gasteiger partial charge in [-0.1, -0.05) is 49.0 Å². The number of hydrogen-bond donors (Lipinski definition) is 0. The van der Waals surface area contributed by atoms with Gasteiger partial charge in [0.2, 0.25) is 0 Å². The predicted molar refractivity (Wildman–Crippen MR) is 47.6 cm³/mol. The van der Waals surface area contributed by atoms with E-state index in [1.165, 1.54) is 11.6 Å². The summed E-state index contributed by atoms with van der Waals surface area (Å²) >= 11 is 0. The van der Waals surface area contributed by atoms with Gasteiger partial charge < -0.3 is 0 Å². The number of rotatable bonds is 2. The van der Waals surface area contributed by atoms with E-state index in [9.17, 15) is 0 Å². The molecular formula is C9H13Si. The summed E-state index contributed by atoms with van der Waals surface area (Å²) in [5.41, 5.74) is 1.49. The standard InChI is InChI=1S/C9H13Si/c1-10(2)8-9-6-4-3-5-7-9/h3-7H,8H2,1-2H3. The van der Waals surface area contributed by atoms with E-state index in [1.807, 2.05) is 0 Å². The first-order valence-corrected chi connectivity index (χ1v) is 6.32. The molecule has 0 atom stereocenters. The topological polar surface area (TPSA) is 0 Å². The smallest absolute Gasteiger partial charge is 0.0460 e. The van der Waals surface area contributed by atoms with Crippen LogP contribution in [0.25, 0.3) is 0 Å². The summed E-state index contributed by atoms with van der Waals surface area (Å²) in [6.07, 6.45) is 0. The first kappa shape index (κ1) is 7.54. The van der Waals surface area contributed by atoms with Gasteiger partial charge in [-0.05, 0) is 6.04 Å². The maximum Gasteiger partial charge on any atom is 0.0460 e. The van der Waals surface area contributed by atoms with Crippen molar-refractivity contribution in [3.63, 3.8) is 0 Å². The summed E-state index contributed by atoms with van der Waals surface area (Å²) in [6, 6.07) is 12.0. The summed E-state index contributed by atoms with van der Waals surface area (Å²) in [5, 5.41) is 0. The van der Waals surface area contributed by atoms with Crippen molar-refractivity contribution in [2.24, 2.45) is 0 Å². The van der Waals surface area contributed by atoms with E-state index < -0.39 is 0 Å². The fraction of sp³-hybridized carbons (Fsp3) is 0.333. The Bertz CT molecular complexity index is 179. The molecule has 0 heterocycles. The highest BCUT2D eigenvalue weighted by Crippen LogP contribution is 2.01. The molecule has 10 heavy (non-hydrogen) atoms. The Kier molecular flexibility index (Phi) is 2.69. The molecule has 0 aromatic heterocycles. The molecule has 0 saturated carbocycles. The number of benzene rings is 1. The SMILES string of the molecule is C[Si](C)Cc1ccccc1. The fourth-order valence-corrected chi connectivity index (χ4v) is 2.06. The minimum Gasteiger partial charge on any atom is -0.0710 e. The molecule has 1 heteroatoms. The maximum atomic E-state index is 2.34. The Morgan fingerprint density at radius 3 is 2.20 bits per heavy atom. The molecule has 1 aromatic carbocycles. The molecule has 0 saturated heterocycles. The predicted octanol–water partition coefficient (Wildman–Crippen LogP) is 2.52. The zero-order valence-electron chi connectivity index (χ0n) is 6.59. The van der Waals surface area contributed by atoms with Gasteiger partial charge >= 0.3 is 0 Å². The summed E-state index contributed by atoms with van der Waals surface area (Å²) in [5.74, 6) is 0. The second-order valence-electron chi connectivity index (χ2n) is 2.87. The van der Waals surface area contributed by atoms with Crippen molar-refractivity contribution in [3.05, 3.63) is 35.9 Å². The largest absolute Gasteiger partial charge is 0.0710 e. The van der Waals surface area contributed by atoms with Crippen molar-refractivity contribution >= 4 is 8.80 Å². The molecule has 0 fully saturated rings. The summed E-state index contributed by atoms with van der Waals surface area (Å²) in [6.45, 7) is 4.69. The van der Waals surface area contributed by atoms with Gasteiger partial charge in [0.15, 0.2) is 0 Å². The molecule has 0 spiro atoms. The van der Waals surface area contributed by atoms with Crippen LogP contribution in [0.5, 0.6) is 0 Å². The van der Waals surface area contributed by atoms with E-state index >= 15 is 0 Å². The summed E-state index contributed by atoms with van der Waals surface area (Å²) in [7, 11) is -0.0870. The van der Waals surface area contributed by atoms with Crippen molar-refractivity contribution in [1.82, 2.24) is 0 Å². The first-order chi connectivity index (χ1) is 4.79. The third kappa shape index (κ3) is 2.36. The lowest BCUT2D eigenvalue weighted by molar-refractivity contribution is 1.35. The minimum absolute atomic E-state index is 0.0870. The van der Waals surface area contributed by atoms with Crippen LogP contribution in [0, 0.1) is 0 Å². The lowest BCUT2D eigenvalue weighted by Gasteiger charge is -2.00. The first-order valence-electron chi connectivity index (χ1n) is 3.62. The van der Waals surface area contributed by atoms with Gasteiger partial charge in [0, 0.05) is 8.80 Å². The highest BCUT2D eigenvalue weighted by molar-refractivity contribution is 6.55. The van der Waals surface area contributed by atoms with E-state index in [4.69, 9.17) is 0 Å². The van der Waals surface area contributed by atoms with Crippen molar-refractivity contribution < 1.29 is 0 Å². The highest BCUT2D eigenvalue weighted by atomic mass is 28.3. The fourth-order valence-electron chi connectivity index (χ4n) is 1.00. The van der Waals surface area contributed by atoms with Gasteiger partial charge in [-0.25, -0.2) is 0 Å². The van der Waals surface area contributed by atoms with Crippen LogP contribution in [0.3, 0.4) is 0 Å². The second-order valence-corrected chi connectivity index (χ2v) is 5.64. The van der Waals surface area contributed by atoms with Crippen LogP contribution in [-0.2, 0) is 6.04 Å². The number of hydrogen-bond acceptors (Lipinski definition) is 0. The normalized spacial score (nSPS) is 10.3. The average Bonchev–Trinajstić information content (AvgIpc) is 1.88. The van der Waals surface area contributed by atoms with Crippen molar-refractivity contribution in [2.45, 2.75) is 19.1 Å². The minimum atomic E-state index is -0.0870. The Balaban J connectivity index is 2.59. The molecule has 1 radical (unpaired) electrons.